The Bertz CT molecular complexity index is 431. The zero-order valence-corrected chi connectivity index (χ0v) is 11.5. The largest absolute Gasteiger partial charge is 0.409 e. The van der Waals surface area contributed by atoms with E-state index in [9.17, 15) is 4.39 Å². The molecule has 1 rings (SSSR count). The molecule has 19 heavy (non-hydrogen) atoms. The topological polar surface area (TPSA) is 70.6 Å². The molecule has 0 amide bonds. The maximum atomic E-state index is 13.2. The van der Waals surface area contributed by atoms with E-state index in [-0.39, 0.29) is 5.84 Å². The Balaban J connectivity index is 2.73. The van der Waals surface area contributed by atoms with Crippen molar-refractivity contribution in [3.05, 3.63) is 35.1 Å². The van der Waals surface area contributed by atoms with Crippen LogP contribution in [-0.2, 0) is 6.54 Å². The molecule has 0 spiro atoms. The second kappa shape index (κ2) is 7.74. The molecule has 0 aliphatic carbocycles. The number of amidine groups is 1. The highest BCUT2D eigenvalue weighted by Crippen LogP contribution is 2.12. The summed E-state index contributed by atoms with van der Waals surface area (Å²) in [4.78, 5) is 0. The average molecular weight is 267 g/mol. The van der Waals surface area contributed by atoms with Crippen molar-refractivity contribution >= 4 is 5.84 Å². The highest BCUT2D eigenvalue weighted by molar-refractivity contribution is 5.98. The fraction of sp³-hybridized carbons (Fsp3) is 0.500. The second-order valence-electron chi connectivity index (χ2n) is 4.60. The smallest absolute Gasteiger partial charge is 0.170 e. The maximum Gasteiger partial charge on any atom is 0.170 e. The number of benzene rings is 1. The summed E-state index contributed by atoms with van der Waals surface area (Å²) < 4.78 is 13.2. The normalized spacial score (nSPS) is 12.1. The first-order valence-corrected chi connectivity index (χ1v) is 6.59. The predicted molar refractivity (Wildman–Crippen MR) is 74.7 cm³/mol. The van der Waals surface area contributed by atoms with Crippen molar-refractivity contribution < 1.29 is 9.60 Å². The number of nitrogens with two attached hydrogens (primary N) is 1. The van der Waals surface area contributed by atoms with Gasteiger partial charge in [0.1, 0.15) is 5.82 Å². The lowest BCUT2D eigenvalue weighted by atomic mass is 10.0. The van der Waals surface area contributed by atoms with Crippen LogP contribution in [0.4, 0.5) is 4.39 Å². The van der Waals surface area contributed by atoms with E-state index in [1.54, 1.807) is 6.07 Å². The van der Waals surface area contributed by atoms with Crippen LogP contribution in [0.2, 0.25) is 0 Å². The van der Waals surface area contributed by atoms with Crippen LogP contribution in [0.25, 0.3) is 0 Å². The Morgan fingerprint density at radius 2 is 2.11 bits per heavy atom. The van der Waals surface area contributed by atoms with E-state index in [1.165, 1.54) is 12.1 Å². The minimum absolute atomic E-state index is 0.0705. The first-order valence-electron chi connectivity index (χ1n) is 6.59. The lowest BCUT2D eigenvalue weighted by Gasteiger charge is -2.14. The molecule has 0 aliphatic heterocycles. The molecule has 4 nitrogen and oxygen atoms in total. The fourth-order valence-corrected chi connectivity index (χ4v) is 1.98. The summed E-state index contributed by atoms with van der Waals surface area (Å²) in [5.74, 6) is 0.164. The summed E-state index contributed by atoms with van der Waals surface area (Å²) in [7, 11) is 0. The van der Waals surface area contributed by atoms with Crippen LogP contribution >= 0.6 is 0 Å². The van der Waals surface area contributed by atoms with Gasteiger partial charge < -0.3 is 16.3 Å². The summed E-state index contributed by atoms with van der Waals surface area (Å²) in [6, 6.07) is 4.31. The first-order chi connectivity index (χ1) is 9.12. The van der Waals surface area contributed by atoms with E-state index >= 15 is 0 Å². The van der Waals surface area contributed by atoms with E-state index in [4.69, 9.17) is 10.9 Å². The molecule has 0 unspecified atom stereocenters. The molecular weight excluding hydrogens is 245 g/mol. The third-order valence-corrected chi connectivity index (χ3v) is 3.36. The van der Waals surface area contributed by atoms with Gasteiger partial charge in [-0.1, -0.05) is 37.9 Å². The van der Waals surface area contributed by atoms with Crippen molar-refractivity contribution in [1.29, 1.82) is 0 Å². The average Bonchev–Trinajstić information content (AvgIpc) is 2.44. The number of hydrogen-bond acceptors (Lipinski definition) is 3. The summed E-state index contributed by atoms with van der Waals surface area (Å²) in [5, 5.41) is 15.0. The zero-order chi connectivity index (χ0) is 14.3. The number of halogens is 1. The molecule has 0 bridgehead atoms. The number of rotatable bonds is 7. The van der Waals surface area contributed by atoms with Crippen molar-refractivity contribution in [3.8, 4) is 0 Å². The molecule has 0 heterocycles. The lowest BCUT2D eigenvalue weighted by Crippen LogP contribution is -2.24. The molecule has 1 aromatic carbocycles. The van der Waals surface area contributed by atoms with Crippen molar-refractivity contribution in [2.24, 2.45) is 16.8 Å². The molecule has 4 N–H and O–H groups in total. The molecule has 0 atom stereocenters. The van der Waals surface area contributed by atoms with E-state index < -0.39 is 5.82 Å². The van der Waals surface area contributed by atoms with Crippen LogP contribution in [0.15, 0.2) is 23.4 Å². The lowest BCUT2D eigenvalue weighted by molar-refractivity contribution is 0.318. The van der Waals surface area contributed by atoms with Gasteiger partial charge in [0.25, 0.3) is 0 Å². The Labute approximate surface area is 113 Å². The SMILES string of the molecule is CCC(CC)CNCc1ccc(F)cc1/C(N)=N/O. The highest BCUT2D eigenvalue weighted by atomic mass is 19.1. The minimum Gasteiger partial charge on any atom is -0.409 e. The molecule has 5 heteroatoms. The molecule has 1 aromatic rings. The minimum atomic E-state index is -0.398. The summed E-state index contributed by atoms with van der Waals surface area (Å²) >= 11 is 0. The van der Waals surface area contributed by atoms with Gasteiger partial charge in [0.05, 0.1) is 0 Å². The Morgan fingerprint density at radius 1 is 1.42 bits per heavy atom. The zero-order valence-electron chi connectivity index (χ0n) is 11.5. The first kappa shape index (κ1) is 15.4. The van der Waals surface area contributed by atoms with Crippen molar-refractivity contribution in [1.82, 2.24) is 5.32 Å². The Morgan fingerprint density at radius 3 is 2.68 bits per heavy atom. The van der Waals surface area contributed by atoms with Crippen molar-refractivity contribution in [2.75, 3.05) is 6.54 Å². The van der Waals surface area contributed by atoms with Gasteiger partial charge in [-0.25, -0.2) is 4.39 Å². The number of nitrogens with zero attached hydrogens (tertiary/aromatic N) is 1. The molecule has 0 aromatic heterocycles. The number of hydrogen-bond donors (Lipinski definition) is 3. The summed E-state index contributed by atoms with van der Waals surface area (Å²) in [6.07, 6.45) is 2.25. The Hall–Kier alpha value is -1.62. The van der Waals surface area contributed by atoms with E-state index in [1.807, 2.05) is 0 Å². The predicted octanol–water partition coefficient (Wildman–Crippen LogP) is 2.45. The van der Waals surface area contributed by atoms with Crippen molar-refractivity contribution in [3.63, 3.8) is 0 Å². The second-order valence-corrected chi connectivity index (χ2v) is 4.60. The summed E-state index contributed by atoms with van der Waals surface area (Å²) in [6.45, 7) is 5.80. The molecule has 0 saturated carbocycles. The third-order valence-electron chi connectivity index (χ3n) is 3.36. The molecule has 106 valence electrons. The van der Waals surface area contributed by atoms with Crippen LogP contribution in [0, 0.1) is 11.7 Å². The monoisotopic (exact) mass is 267 g/mol. The van der Waals surface area contributed by atoms with Crippen LogP contribution < -0.4 is 11.1 Å². The molecular formula is C14H22FN3O. The van der Waals surface area contributed by atoms with Crippen molar-refractivity contribution in [2.45, 2.75) is 33.2 Å². The Kier molecular flexibility index (Phi) is 6.29. The van der Waals surface area contributed by atoms with E-state index in [0.717, 1.165) is 24.9 Å². The van der Waals surface area contributed by atoms with Gasteiger partial charge in [-0.05, 0) is 30.2 Å². The third kappa shape index (κ3) is 4.52. The van der Waals surface area contributed by atoms with Gasteiger partial charge in [0.2, 0.25) is 0 Å². The van der Waals surface area contributed by atoms with Gasteiger partial charge in [-0.2, -0.15) is 0 Å². The van der Waals surface area contributed by atoms with E-state index in [0.29, 0.717) is 18.0 Å². The van der Waals surface area contributed by atoms with Crippen LogP contribution in [-0.4, -0.2) is 17.6 Å². The summed E-state index contributed by atoms with van der Waals surface area (Å²) in [5.41, 5.74) is 6.81. The van der Waals surface area contributed by atoms with Gasteiger partial charge >= 0.3 is 0 Å². The van der Waals surface area contributed by atoms with Crippen LogP contribution in [0.3, 0.4) is 0 Å². The van der Waals surface area contributed by atoms with Gasteiger partial charge in [-0.15, -0.1) is 0 Å². The highest BCUT2D eigenvalue weighted by Gasteiger charge is 2.09. The number of oxime groups is 1. The number of nitrogens with one attached hydrogen (secondary N) is 1. The van der Waals surface area contributed by atoms with Gasteiger partial charge in [0.15, 0.2) is 5.84 Å². The molecule has 0 saturated heterocycles. The van der Waals surface area contributed by atoms with Crippen LogP contribution in [0.1, 0.15) is 37.8 Å². The maximum absolute atomic E-state index is 13.2. The van der Waals surface area contributed by atoms with Gasteiger partial charge in [0, 0.05) is 12.1 Å². The van der Waals surface area contributed by atoms with Crippen LogP contribution in [0.5, 0.6) is 0 Å². The molecule has 0 aliphatic rings. The quantitative estimate of drug-likeness (QED) is 0.307. The molecule has 0 fully saturated rings. The fourth-order valence-electron chi connectivity index (χ4n) is 1.98. The van der Waals surface area contributed by atoms with E-state index in [2.05, 4.69) is 24.3 Å². The van der Waals surface area contributed by atoms with Gasteiger partial charge in [-0.3, -0.25) is 0 Å². The standard InChI is InChI=1S/C14H22FN3O/c1-3-10(4-2)8-17-9-11-5-6-12(15)7-13(11)14(16)18-19/h5-7,10,17,19H,3-4,8-9H2,1-2H3,(H2,16,18). The molecule has 0 radical (unpaired) electrons.